The van der Waals surface area contributed by atoms with E-state index in [1.165, 1.54) is 29.9 Å². The number of rotatable bonds is 4. The molecule has 6 nitrogen and oxygen atoms in total. The molecule has 23 heavy (non-hydrogen) atoms. The van der Waals surface area contributed by atoms with Gasteiger partial charge in [-0.05, 0) is 19.1 Å². The van der Waals surface area contributed by atoms with Gasteiger partial charge in [-0.3, -0.25) is 15.1 Å². The Bertz CT molecular complexity index is 833. The van der Waals surface area contributed by atoms with Gasteiger partial charge in [-0.2, -0.15) is 0 Å². The summed E-state index contributed by atoms with van der Waals surface area (Å²) in [5.74, 6) is 0.405. The SMILES string of the molecule is COc1ccc(C)cc1-c1csc(NC(=O)c2cnccn2)n1. The number of methoxy groups -OCH3 is 1. The van der Waals surface area contributed by atoms with Crippen molar-refractivity contribution in [2.75, 3.05) is 12.4 Å². The molecule has 0 saturated carbocycles. The van der Waals surface area contributed by atoms with Crippen LogP contribution in [0.3, 0.4) is 0 Å². The van der Waals surface area contributed by atoms with Gasteiger partial charge in [0.05, 0.1) is 19.0 Å². The molecule has 0 fully saturated rings. The van der Waals surface area contributed by atoms with Crippen LogP contribution in [0.15, 0.2) is 42.2 Å². The zero-order valence-corrected chi connectivity index (χ0v) is 13.4. The maximum Gasteiger partial charge on any atom is 0.277 e. The van der Waals surface area contributed by atoms with E-state index in [1.807, 2.05) is 30.5 Å². The summed E-state index contributed by atoms with van der Waals surface area (Å²) in [6.07, 6.45) is 4.40. The van der Waals surface area contributed by atoms with Crippen LogP contribution in [0, 0.1) is 6.92 Å². The number of hydrogen-bond acceptors (Lipinski definition) is 6. The highest BCUT2D eigenvalue weighted by Gasteiger charge is 2.13. The van der Waals surface area contributed by atoms with Crippen LogP contribution in [0.25, 0.3) is 11.3 Å². The predicted molar refractivity (Wildman–Crippen MR) is 88.8 cm³/mol. The number of nitrogens with zero attached hydrogens (tertiary/aromatic N) is 3. The smallest absolute Gasteiger partial charge is 0.277 e. The Morgan fingerprint density at radius 1 is 1.30 bits per heavy atom. The van der Waals surface area contributed by atoms with Crippen molar-refractivity contribution in [1.29, 1.82) is 0 Å². The first-order chi connectivity index (χ1) is 11.2. The van der Waals surface area contributed by atoms with E-state index in [1.54, 1.807) is 7.11 Å². The van der Waals surface area contributed by atoms with E-state index in [9.17, 15) is 4.79 Å². The second kappa shape index (κ2) is 6.53. The zero-order chi connectivity index (χ0) is 16.2. The molecule has 0 atom stereocenters. The Morgan fingerprint density at radius 3 is 2.91 bits per heavy atom. The number of amides is 1. The van der Waals surface area contributed by atoms with Crippen LogP contribution in [-0.4, -0.2) is 28.0 Å². The lowest BCUT2D eigenvalue weighted by Gasteiger charge is -2.07. The standard InChI is InChI=1S/C16H14N4O2S/c1-10-3-4-14(22-2)11(7-10)13-9-23-16(19-13)20-15(21)12-8-17-5-6-18-12/h3-9H,1-2H3,(H,19,20,21). The molecule has 1 aromatic carbocycles. The summed E-state index contributed by atoms with van der Waals surface area (Å²) in [5.41, 5.74) is 3.00. The Balaban J connectivity index is 1.84. The molecule has 0 spiro atoms. The molecule has 0 aliphatic heterocycles. The fourth-order valence-corrected chi connectivity index (χ4v) is 2.76. The molecule has 0 bridgehead atoms. The van der Waals surface area contributed by atoms with Crippen molar-refractivity contribution in [2.45, 2.75) is 6.92 Å². The van der Waals surface area contributed by atoms with Crippen molar-refractivity contribution < 1.29 is 9.53 Å². The summed E-state index contributed by atoms with van der Waals surface area (Å²) in [7, 11) is 1.62. The average molecular weight is 326 g/mol. The maximum absolute atomic E-state index is 12.1. The molecule has 0 radical (unpaired) electrons. The van der Waals surface area contributed by atoms with Gasteiger partial charge in [0.1, 0.15) is 11.4 Å². The molecule has 1 N–H and O–H groups in total. The third-order valence-electron chi connectivity index (χ3n) is 3.15. The summed E-state index contributed by atoms with van der Waals surface area (Å²) in [4.78, 5) is 24.4. The summed E-state index contributed by atoms with van der Waals surface area (Å²) in [5, 5.41) is 5.10. The van der Waals surface area contributed by atoms with Crippen LogP contribution in [0.5, 0.6) is 5.75 Å². The number of carbonyl (C=O) groups is 1. The zero-order valence-electron chi connectivity index (χ0n) is 12.6. The van der Waals surface area contributed by atoms with Gasteiger partial charge in [0.2, 0.25) is 0 Å². The number of ether oxygens (including phenoxy) is 1. The van der Waals surface area contributed by atoms with Gasteiger partial charge in [0.25, 0.3) is 5.91 Å². The fourth-order valence-electron chi connectivity index (χ4n) is 2.05. The molecule has 0 saturated heterocycles. The largest absolute Gasteiger partial charge is 0.496 e. The quantitative estimate of drug-likeness (QED) is 0.797. The van der Waals surface area contributed by atoms with Crippen LogP contribution in [-0.2, 0) is 0 Å². The first kappa shape index (κ1) is 15.1. The summed E-state index contributed by atoms with van der Waals surface area (Å²) >= 11 is 1.35. The first-order valence-electron chi connectivity index (χ1n) is 6.85. The van der Waals surface area contributed by atoms with E-state index in [0.29, 0.717) is 5.13 Å². The van der Waals surface area contributed by atoms with E-state index in [4.69, 9.17) is 4.74 Å². The van der Waals surface area contributed by atoms with Crippen LogP contribution < -0.4 is 10.1 Å². The van der Waals surface area contributed by atoms with E-state index >= 15 is 0 Å². The fraction of sp³-hybridized carbons (Fsp3) is 0.125. The minimum absolute atomic E-state index is 0.248. The minimum atomic E-state index is -0.338. The number of nitrogens with one attached hydrogen (secondary N) is 1. The summed E-state index contributed by atoms with van der Waals surface area (Å²) in [6, 6.07) is 5.88. The highest BCUT2D eigenvalue weighted by molar-refractivity contribution is 7.14. The second-order valence-electron chi connectivity index (χ2n) is 4.79. The van der Waals surface area contributed by atoms with Gasteiger partial charge < -0.3 is 4.74 Å². The van der Waals surface area contributed by atoms with Crippen molar-refractivity contribution >= 4 is 22.4 Å². The van der Waals surface area contributed by atoms with Gasteiger partial charge in [-0.15, -0.1) is 11.3 Å². The summed E-state index contributed by atoms with van der Waals surface area (Å²) < 4.78 is 5.37. The first-order valence-corrected chi connectivity index (χ1v) is 7.73. The molecule has 1 amide bonds. The van der Waals surface area contributed by atoms with Crippen molar-refractivity contribution in [3.05, 3.63) is 53.4 Å². The predicted octanol–water partition coefficient (Wildman–Crippen LogP) is 3.17. The second-order valence-corrected chi connectivity index (χ2v) is 5.64. The molecule has 0 aliphatic carbocycles. The Hall–Kier alpha value is -2.80. The van der Waals surface area contributed by atoms with Crippen LogP contribution >= 0.6 is 11.3 Å². The monoisotopic (exact) mass is 326 g/mol. The lowest BCUT2D eigenvalue weighted by atomic mass is 10.1. The molecule has 0 aliphatic rings. The number of aromatic nitrogens is 3. The van der Waals surface area contributed by atoms with E-state index < -0.39 is 0 Å². The molecule has 7 heteroatoms. The van der Waals surface area contributed by atoms with E-state index in [2.05, 4.69) is 20.3 Å². The van der Waals surface area contributed by atoms with Crippen molar-refractivity contribution in [2.24, 2.45) is 0 Å². The van der Waals surface area contributed by atoms with Crippen molar-refractivity contribution in [3.8, 4) is 17.0 Å². The number of hydrogen-bond donors (Lipinski definition) is 1. The Morgan fingerprint density at radius 2 is 2.17 bits per heavy atom. The average Bonchev–Trinajstić information content (AvgIpc) is 3.04. The number of benzene rings is 1. The van der Waals surface area contributed by atoms with Gasteiger partial charge in [-0.1, -0.05) is 11.6 Å². The number of thiazole rings is 1. The molecule has 2 aromatic heterocycles. The van der Waals surface area contributed by atoms with Gasteiger partial charge >= 0.3 is 0 Å². The Kier molecular flexibility index (Phi) is 4.29. The minimum Gasteiger partial charge on any atom is -0.496 e. The van der Waals surface area contributed by atoms with Crippen molar-refractivity contribution in [1.82, 2.24) is 15.0 Å². The van der Waals surface area contributed by atoms with Crippen LogP contribution in [0.4, 0.5) is 5.13 Å². The molecular weight excluding hydrogens is 312 g/mol. The number of anilines is 1. The highest BCUT2D eigenvalue weighted by atomic mass is 32.1. The number of aryl methyl sites for hydroxylation is 1. The third kappa shape index (κ3) is 3.35. The van der Waals surface area contributed by atoms with Crippen LogP contribution in [0.1, 0.15) is 16.1 Å². The number of carbonyl (C=O) groups excluding carboxylic acids is 1. The molecule has 3 aromatic rings. The molecule has 3 rings (SSSR count). The molecular formula is C16H14N4O2S. The van der Waals surface area contributed by atoms with Gasteiger partial charge in [-0.25, -0.2) is 9.97 Å². The topological polar surface area (TPSA) is 77.0 Å². The molecule has 0 unspecified atom stereocenters. The Labute approximate surface area is 137 Å². The molecule has 116 valence electrons. The molecule has 2 heterocycles. The maximum atomic E-state index is 12.1. The normalized spacial score (nSPS) is 10.3. The lowest BCUT2D eigenvalue weighted by molar-refractivity contribution is 0.102. The summed E-state index contributed by atoms with van der Waals surface area (Å²) in [6.45, 7) is 2.01. The van der Waals surface area contributed by atoms with Crippen molar-refractivity contribution in [3.63, 3.8) is 0 Å². The van der Waals surface area contributed by atoms with Gasteiger partial charge in [0, 0.05) is 23.3 Å². The van der Waals surface area contributed by atoms with E-state index in [0.717, 1.165) is 22.6 Å². The highest BCUT2D eigenvalue weighted by Crippen LogP contribution is 2.33. The third-order valence-corrected chi connectivity index (χ3v) is 3.91. The van der Waals surface area contributed by atoms with E-state index in [-0.39, 0.29) is 11.6 Å². The van der Waals surface area contributed by atoms with Crippen LogP contribution in [0.2, 0.25) is 0 Å². The van der Waals surface area contributed by atoms with Gasteiger partial charge in [0.15, 0.2) is 5.13 Å². The lowest BCUT2D eigenvalue weighted by Crippen LogP contribution is -2.13.